The van der Waals surface area contributed by atoms with Crippen molar-refractivity contribution >= 4 is 23.1 Å². The summed E-state index contributed by atoms with van der Waals surface area (Å²) in [5, 5.41) is 17.9. The van der Waals surface area contributed by atoms with Crippen LogP contribution in [0.5, 0.6) is 28.7 Å². The third-order valence-corrected chi connectivity index (χ3v) is 6.67. The fraction of sp³-hybridized carbons (Fsp3) is 0.0909. The molecule has 0 atom stereocenters. The summed E-state index contributed by atoms with van der Waals surface area (Å²) in [6.45, 7) is 2.36. The Balaban J connectivity index is 1.18. The monoisotopic (exact) mass is 656 g/mol. The first-order valence-corrected chi connectivity index (χ1v) is 14.3. The zero-order valence-electron chi connectivity index (χ0n) is 24.8. The minimum atomic E-state index is -4.80. The highest BCUT2D eigenvalue weighted by molar-refractivity contribution is 6.01. The standard InChI is InChI=1S/C33H23F3N6O6/c1-2-46-23-12-14-25(15-13-23)48-27-17-22(42(44)45)16-26(18-27)47-24-10-8-21(9-11-24)37-31(43)30-39-32-38-28(20-6-4-3-5-7-20)19-29(33(34,35)36)41(32)40-30/h3-19H,2H2,1H3,(H,37,43). The fourth-order valence-electron chi connectivity index (χ4n) is 4.54. The minimum absolute atomic E-state index is 0.0176. The molecule has 1 amide bonds. The molecule has 242 valence electrons. The number of benzene rings is 4. The number of nitro groups is 1. The van der Waals surface area contributed by atoms with Crippen LogP contribution in [0.3, 0.4) is 0 Å². The largest absolute Gasteiger partial charge is 0.494 e. The summed E-state index contributed by atoms with van der Waals surface area (Å²) in [4.78, 5) is 32.0. The van der Waals surface area contributed by atoms with Gasteiger partial charge in [-0.15, -0.1) is 5.10 Å². The van der Waals surface area contributed by atoms with E-state index in [1.807, 2.05) is 6.92 Å². The molecule has 0 saturated carbocycles. The summed E-state index contributed by atoms with van der Waals surface area (Å²) in [6, 6.07) is 25.7. The number of rotatable bonds is 10. The van der Waals surface area contributed by atoms with Crippen LogP contribution in [0.2, 0.25) is 0 Å². The van der Waals surface area contributed by atoms with Crippen molar-refractivity contribution in [3.8, 4) is 40.0 Å². The predicted molar refractivity (Wildman–Crippen MR) is 166 cm³/mol. The van der Waals surface area contributed by atoms with Gasteiger partial charge >= 0.3 is 6.18 Å². The van der Waals surface area contributed by atoms with Gasteiger partial charge in [-0.1, -0.05) is 30.3 Å². The van der Waals surface area contributed by atoms with E-state index in [0.717, 1.165) is 6.07 Å². The number of nitrogens with one attached hydrogen (secondary N) is 1. The lowest BCUT2D eigenvalue weighted by Gasteiger charge is -2.11. The lowest BCUT2D eigenvalue weighted by atomic mass is 10.1. The lowest BCUT2D eigenvalue weighted by molar-refractivity contribution is -0.385. The van der Waals surface area contributed by atoms with E-state index >= 15 is 0 Å². The fourth-order valence-corrected chi connectivity index (χ4v) is 4.54. The van der Waals surface area contributed by atoms with E-state index in [-0.39, 0.29) is 34.3 Å². The molecule has 0 aliphatic heterocycles. The maximum Gasteiger partial charge on any atom is 0.433 e. The molecule has 1 N–H and O–H groups in total. The molecule has 4 aromatic carbocycles. The van der Waals surface area contributed by atoms with Crippen LogP contribution in [0.25, 0.3) is 17.0 Å². The van der Waals surface area contributed by atoms with Crippen molar-refractivity contribution in [2.75, 3.05) is 11.9 Å². The van der Waals surface area contributed by atoms with Crippen LogP contribution in [-0.2, 0) is 6.18 Å². The van der Waals surface area contributed by atoms with Gasteiger partial charge in [0.2, 0.25) is 5.82 Å². The zero-order valence-corrected chi connectivity index (χ0v) is 24.8. The summed E-state index contributed by atoms with van der Waals surface area (Å²) in [5.41, 5.74) is -0.712. The highest BCUT2D eigenvalue weighted by atomic mass is 19.4. The number of anilines is 1. The maximum atomic E-state index is 13.9. The molecule has 0 unspecified atom stereocenters. The normalized spacial score (nSPS) is 11.2. The lowest BCUT2D eigenvalue weighted by Crippen LogP contribution is -2.16. The average molecular weight is 657 g/mol. The Kier molecular flexibility index (Phi) is 8.57. The topological polar surface area (TPSA) is 143 Å². The van der Waals surface area contributed by atoms with Crippen LogP contribution >= 0.6 is 0 Å². The van der Waals surface area contributed by atoms with Gasteiger partial charge in [-0.3, -0.25) is 14.9 Å². The molecule has 0 spiro atoms. The highest BCUT2D eigenvalue weighted by Gasteiger charge is 2.36. The van der Waals surface area contributed by atoms with Gasteiger partial charge in [0.25, 0.3) is 17.4 Å². The number of amides is 1. The van der Waals surface area contributed by atoms with Gasteiger partial charge in [-0.05, 0) is 61.5 Å². The molecule has 6 rings (SSSR count). The van der Waals surface area contributed by atoms with Crippen LogP contribution in [0.15, 0.2) is 103 Å². The molecule has 15 heteroatoms. The van der Waals surface area contributed by atoms with Gasteiger partial charge in [0.05, 0.1) is 29.4 Å². The maximum absolute atomic E-state index is 13.9. The van der Waals surface area contributed by atoms with E-state index in [4.69, 9.17) is 14.2 Å². The Hall–Kier alpha value is -6.51. The van der Waals surface area contributed by atoms with E-state index in [9.17, 15) is 28.1 Å². The number of carbonyl (C=O) groups excluding carboxylic acids is 1. The predicted octanol–water partition coefficient (Wildman–Crippen LogP) is 7.95. The van der Waals surface area contributed by atoms with Crippen molar-refractivity contribution < 1.29 is 37.1 Å². The Bertz CT molecular complexity index is 2100. The van der Waals surface area contributed by atoms with Gasteiger partial charge in [0.1, 0.15) is 28.7 Å². The number of non-ortho nitro benzene ring substituents is 1. The number of nitro benzene ring substituents is 1. The van der Waals surface area contributed by atoms with Crippen molar-refractivity contribution in [1.29, 1.82) is 0 Å². The number of carbonyl (C=O) groups is 1. The Morgan fingerprint density at radius 1 is 0.833 bits per heavy atom. The Morgan fingerprint density at radius 3 is 2.02 bits per heavy atom. The van der Waals surface area contributed by atoms with Crippen LogP contribution in [0.4, 0.5) is 24.5 Å². The highest BCUT2D eigenvalue weighted by Crippen LogP contribution is 2.35. The number of alkyl halides is 3. The summed E-state index contributed by atoms with van der Waals surface area (Å²) < 4.78 is 59.2. The number of hydrogen-bond acceptors (Lipinski definition) is 9. The first-order valence-electron chi connectivity index (χ1n) is 14.3. The van der Waals surface area contributed by atoms with E-state index < -0.39 is 34.3 Å². The molecule has 2 aromatic heterocycles. The Morgan fingerprint density at radius 2 is 1.44 bits per heavy atom. The van der Waals surface area contributed by atoms with Crippen LogP contribution in [0, 0.1) is 10.1 Å². The molecule has 0 radical (unpaired) electrons. The third kappa shape index (κ3) is 7.14. The number of fused-ring (bicyclic) bond motifs is 1. The number of halogens is 3. The molecule has 6 aromatic rings. The molecule has 12 nitrogen and oxygen atoms in total. The summed E-state index contributed by atoms with van der Waals surface area (Å²) in [5.74, 6) is -0.211. The number of nitrogens with zero attached hydrogens (tertiary/aromatic N) is 5. The van der Waals surface area contributed by atoms with Crippen molar-refractivity contribution in [3.63, 3.8) is 0 Å². The van der Waals surface area contributed by atoms with E-state index in [1.54, 1.807) is 54.6 Å². The summed E-state index contributed by atoms with van der Waals surface area (Å²) in [7, 11) is 0. The second kappa shape index (κ2) is 13.1. The van der Waals surface area contributed by atoms with Gasteiger partial charge < -0.3 is 19.5 Å². The van der Waals surface area contributed by atoms with Gasteiger partial charge in [0.15, 0.2) is 5.69 Å². The quantitative estimate of drug-likeness (QED) is 0.115. The number of ether oxygens (including phenoxy) is 3. The van der Waals surface area contributed by atoms with E-state index in [1.165, 1.54) is 42.5 Å². The SMILES string of the molecule is CCOc1ccc(Oc2cc(Oc3ccc(NC(=O)c4nc5nc(-c6ccccc6)cc(C(F)(F)F)n5n4)cc3)cc([N+](=O)[O-])c2)cc1. The second-order valence-corrected chi connectivity index (χ2v) is 10.0. The summed E-state index contributed by atoms with van der Waals surface area (Å²) in [6.07, 6.45) is -4.80. The molecular weight excluding hydrogens is 633 g/mol. The van der Waals surface area contributed by atoms with E-state index in [2.05, 4.69) is 20.4 Å². The molecule has 0 saturated heterocycles. The minimum Gasteiger partial charge on any atom is -0.494 e. The smallest absolute Gasteiger partial charge is 0.433 e. The van der Waals surface area contributed by atoms with E-state index in [0.29, 0.717) is 28.2 Å². The zero-order chi connectivity index (χ0) is 33.8. The number of aromatic nitrogens is 4. The molecule has 0 fully saturated rings. The summed E-state index contributed by atoms with van der Waals surface area (Å²) >= 11 is 0. The van der Waals surface area contributed by atoms with Crippen molar-refractivity contribution in [2.45, 2.75) is 13.1 Å². The van der Waals surface area contributed by atoms with Crippen LogP contribution in [0.1, 0.15) is 23.2 Å². The molecule has 48 heavy (non-hydrogen) atoms. The van der Waals surface area contributed by atoms with Crippen molar-refractivity contribution in [2.24, 2.45) is 0 Å². The average Bonchev–Trinajstić information content (AvgIpc) is 3.51. The van der Waals surface area contributed by atoms with Crippen LogP contribution < -0.4 is 19.5 Å². The molecule has 0 bridgehead atoms. The first-order chi connectivity index (χ1) is 23.1. The molecule has 0 aliphatic carbocycles. The Labute approximate surface area is 269 Å². The molecule has 0 aliphatic rings. The molecule has 2 heterocycles. The third-order valence-electron chi connectivity index (χ3n) is 6.67. The number of hydrogen-bond donors (Lipinski definition) is 1. The van der Waals surface area contributed by atoms with Gasteiger partial charge in [0, 0.05) is 17.3 Å². The van der Waals surface area contributed by atoms with Gasteiger partial charge in [-0.25, -0.2) is 4.98 Å². The van der Waals surface area contributed by atoms with Crippen molar-refractivity contribution in [3.05, 3.63) is 125 Å². The second-order valence-electron chi connectivity index (χ2n) is 10.0. The van der Waals surface area contributed by atoms with Gasteiger partial charge in [-0.2, -0.15) is 22.7 Å². The van der Waals surface area contributed by atoms with Crippen molar-refractivity contribution in [1.82, 2.24) is 19.6 Å². The van der Waals surface area contributed by atoms with Crippen LogP contribution in [-0.4, -0.2) is 37.0 Å². The first kappa shape index (κ1) is 31.5. The molecular formula is C33H23F3N6O6.